The van der Waals surface area contributed by atoms with E-state index in [-0.39, 0.29) is 12.0 Å². The van der Waals surface area contributed by atoms with Crippen molar-refractivity contribution in [1.29, 1.82) is 0 Å². The normalized spacial score (nSPS) is 10.4. The van der Waals surface area contributed by atoms with Gasteiger partial charge in [0.25, 0.3) is 5.56 Å². The van der Waals surface area contributed by atoms with Crippen LogP contribution in [0.4, 0.5) is 0 Å². The molecule has 0 saturated carbocycles. The maximum absolute atomic E-state index is 11.9. The summed E-state index contributed by atoms with van der Waals surface area (Å²) in [5.41, 5.74) is 0.579. The highest BCUT2D eigenvalue weighted by Crippen LogP contribution is 2.11. The van der Waals surface area contributed by atoms with Crippen LogP contribution >= 0.6 is 0 Å². The Kier molecular flexibility index (Phi) is 3.37. The average Bonchev–Trinajstić information content (AvgIpc) is 2.33. The molecule has 19 heavy (non-hydrogen) atoms. The third kappa shape index (κ3) is 2.82. The lowest BCUT2D eigenvalue weighted by Crippen LogP contribution is -2.20. The van der Waals surface area contributed by atoms with E-state index in [4.69, 9.17) is 5.11 Å². The first kappa shape index (κ1) is 12.9. The Morgan fingerprint density at radius 1 is 1.37 bits per heavy atom. The number of hydrogen-bond donors (Lipinski definition) is 2. The van der Waals surface area contributed by atoms with E-state index in [9.17, 15) is 9.59 Å². The van der Waals surface area contributed by atoms with Crippen molar-refractivity contribution in [3.8, 4) is 11.5 Å². The van der Waals surface area contributed by atoms with Crippen LogP contribution in [0.2, 0.25) is 0 Å². The highest BCUT2D eigenvalue weighted by atomic mass is 16.4. The fourth-order valence-electron chi connectivity index (χ4n) is 1.68. The first-order valence-electron chi connectivity index (χ1n) is 5.59. The molecule has 0 aliphatic carbocycles. The predicted molar refractivity (Wildman–Crippen MR) is 66.7 cm³/mol. The van der Waals surface area contributed by atoms with Gasteiger partial charge in [0.2, 0.25) is 0 Å². The summed E-state index contributed by atoms with van der Waals surface area (Å²) in [6.45, 7) is 3.33. The molecule has 2 rings (SSSR count). The van der Waals surface area contributed by atoms with E-state index < -0.39 is 11.5 Å². The van der Waals surface area contributed by atoms with Crippen LogP contribution in [-0.4, -0.2) is 31.0 Å². The summed E-state index contributed by atoms with van der Waals surface area (Å²) in [6, 6.07) is 1.63. The van der Waals surface area contributed by atoms with Gasteiger partial charge in [-0.25, -0.2) is 15.0 Å². The zero-order valence-electron chi connectivity index (χ0n) is 10.5. The molecule has 98 valence electrons. The molecule has 2 heterocycles. The quantitative estimate of drug-likeness (QED) is 0.830. The minimum Gasteiger partial charge on any atom is -0.481 e. The second-order valence-electron chi connectivity index (χ2n) is 4.04. The maximum Gasteiger partial charge on any atom is 0.308 e. The number of aromatic nitrogens is 4. The van der Waals surface area contributed by atoms with Gasteiger partial charge in [0.15, 0.2) is 5.82 Å². The minimum atomic E-state index is -1.07. The van der Waals surface area contributed by atoms with Crippen LogP contribution in [0.25, 0.3) is 11.5 Å². The Balaban J connectivity index is 2.51. The molecule has 7 nitrogen and oxygen atoms in total. The maximum atomic E-state index is 11.9. The SMILES string of the molecule is Cc1nccc(-c2nc(C)c(CC(=O)O)c(=O)[nH]2)n1. The molecule has 0 aliphatic heterocycles. The number of nitrogens with zero attached hydrogens (tertiary/aromatic N) is 3. The van der Waals surface area contributed by atoms with E-state index >= 15 is 0 Å². The Hall–Kier alpha value is -2.57. The molecule has 0 fully saturated rings. The van der Waals surface area contributed by atoms with Gasteiger partial charge in [0.1, 0.15) is 11.5 Å². The molecule has 0 saturated heterocycles. The van der Waals surface area contributed by atoms with Gasteiger partial charge in [0.05, 0.1) is 6.42 Å². The standard InChI is InChI=1S/C12H12N4O3/c1-6-8(5-10(17)18)12(19)16-11(14-6)9-3-4-13-7(2)15-9/h3-4H,5H2,1-2H3,(H,17,18)(H,14,16,19). The number of hydrogen-bond acceptors (Lipinski definition) is 5. The van der Waals surface area contributed by atoms with Crippen molar-refractivity contribution >= 4 is 5.97 Å². The number of aliphatic carboxylic acids is 1. The highest BCUT2D eigenvalue weighted by molar-refractivity contribution is 5.70. The molecule has 0 amide bonds. The molecular formula is C12H12N4O3. The third-order valence-electron chi connectivity index (χ3n) is 2.57. The molecule has 0 atom stereocenters. The van der Waals surface area contributed by atoms with Crippen LogP contribution in [-0.2, 0) is 11.2 Å². The monoisotopic (exact) mass is 260 g/mol. The van der Waals surface area contributed by atoms with Gasteiger partial charge < -0.3 is 10.1 Å². The molecule has 7 heteroatoms. The topological polar surface area (TPSA) is 109 Å². The van der Waals surface area contributed by atoms with Crippen LogP contribution in [0.15, 0.2) is 17.1 Å². The third-order valence-corrected chi connectivity index (χ3v) is 2.57. The zero-order valence-corrected chi connectivity index (χ0v) is 10.5. The lowest BCUT2D eigenvalue weighted by Gasteiger charge is -2.05. The summed E-state index contributed by atoms with van der Waals surface area (Å²) in [5.74, 6) is -0.199. The van der Waals surface area contributed by atoms with Gasteiger partial charge in [-0.2, -0.15) is 0 Å². The summed E-state index contributed by atoms with van der Waals surface area (Å²) < 4.78 is 0. The fraction of sp³-hybridized carbons (Fsp3) is 0.250. The molecule has 0 aliphatic rings. The van der Waals surface area contributed by atoms with E-state index in [1.807, 2.05) is 0 Å². The largest absolute Gasteiger partial charge is 0.481 e. The summed E-state index contributed by atoms with van der Waals surface area (Å²) in [6.07, 6.45) is 1.22. The number of aromatic amines is 1. The number of carboxylic acids is 1. The van der Waals surface area contributed by atoms with Gasteiger partial charge in [-0.3, -0.25) is 9.59 Å². The number of aryl methyl sites for hydroxylation is 2. The predicted octanol–water partition coefficient (Wildman–Crippen LogP) is 0.471. The number of rotatable bonds is 3. The second-order valence-corrected chi connectivity index (χ2v) is 4.04. The van der Waals surface area contributed by atoms with Gasteiger partial charge in [-0.15, -0.1) is 0 Å². The zero-order chi connectivity index (χ0) is 14.0. The summed E-state index contributed by atoms with van der Waals surface area (Å²) >= 11 is 0. The molecule has 2 N–H and O–H groups in total. The Labute approximate surface area is 108 Å². The molecule has 2 aromatic rings. The van der Waals surface area contributed by atoms with E-state index in [1.165, 1.54) is 0 Å². The van der Waals surface area contributed by atoms with Gasteiger partial charge in [-0.05, 0) is 19.9 Å². The lowest BCUT2D eigenvalue weighted by atomic mass is 10.1. The minimum absolute atomic E-state index is 0.155. The van der Waals surface area contributed by atoms with Gasteiger partial charge >= 0.3 is 5.97 Å². The highest BCUT2D eigenvalue weighted by Gasteiger charge is 2.13. The van der Waals surface area contributed by atoms with Crippen LogP contribution in [0, 0.1) is 13.8 Å². The van der Waals surface area contributed by atoms with Crippen molar-refractivity contribution in [2.24, 2.45) is 0 Å². The van der Waals surface area contributed by atoms with Crippen LogP contribution in [0.1, 0.15) is 17.1 Å². The molecule has 2 aromatic heterocycles. The first-order valence-corrected chi connectivity index (χ1v) is 5.59. The first-order chi connectivity index (χ1) is 8.97. The molecule has 0 aromatic carbocycles. The number of carboxylic acid groups (broad SMARTS) is 1. The van der Waals surface area contributed by atoms with Crippen LogP contribution in [0.3, 0.4) is 0 Å². The smallest absolute Gasteiger partial charge is 0.308 e. The van der Waals surface area contributed by atoms with E-state index in [2.05, 4.69) is 19.9 Å². The molecular weight excluding hydrogens is 248 g/mol. The number of carbonyl (C=O) groups is 1. The van der Waals surface area contributed by atoms with Crippen molar-refractivity contribution in [2.75, 3.05) is 0 Å². The lowest BCUT2D eigenvalue weighted by molar-refractivity contribution is -0.136. The molecule has 0 bridgehead atoms. The van der Waals surface area contributed by atoms with Crippen LogP contribution in [0.5, 0.6) is 0 Å². The molecule has 0 unspecified atom stereocenters. The summed E-state index contributed by atoms with van der Waals surface area (Å²) in [7, 11) is 0. The van der Waals surface area contributed by atoms with Crippen molar-refractivity contribution in [2.45, 2.75) is 20.3 Å². The van der Waals surface area contributed by atoms with Crippen molar-refractivity contribution in [3.05, 3.63) is 39.7 Å². The van der Waals surface area contributed by atoms with Gasteiger partial charge in [-0.1, -0.05) is 0 Å². The van der Waals surface area contributed by atoms with E-state index in [0.717, 1.165) is 0 Å². The molecule has 0 radical (unpaired) electrons. The Morgan fingerprint density at radius 3 is 2.68 bits per heavy atom. The second kappa shape index (κ2) is 4.97. The summed E-state index contributed by atoms with van der Waals surface area (Å²) in [4.78, 5) is 37.4. The van der Waals surface area contributed by atoms with E-state index in [0.29, 0.717) is 23.0 Å². The van der Waals surface area contributed by atoms with Crippen molar-refractivity contribution in [1.82, 2.24) is 19.9 Å². The number of H-pyrrole nitrogens is 1. The van der Waals surface area contributed by atoms with Crippen molar-refractivity contribution < 1.29 is 9.90 Å². The molecule has 0 spiro atoms. The van der Waals surface area contributed by atoms with Crippen LogP contribution < -0.4 is 5.56 Å². The summed E-state index contributed by atoms with van der Waals surface area (Å²) in [5, 5.41) is 8.74. The van der Waals surface area contributed by atoms with Gasteiger partial charge in [0, 0.05) is 17.5 Å². The Bertz CT molecular complexity index is 694. The average molecular weight is 260 g/mol. The Morgan fingerprint density at radius 2 is 2.11 bits per heavy atom. The number of nitrogens with one attached hydrogen (secondary N) is 1. The van der Waals surface area contributed by atoms with Crippen molar-refractivity contribution in [3.63, 3.8) is 0 Å². The fourth-order valence-corrected chi connectivity index (χ4v) is 1.68. The van der Waals surface area contributed by atoms with E-state index in [1.54, 1.807) is 26.1 Å².